The molecule has 1 fully saturated rings. The van der Waals surface area contributed by atoms with Crippen molar-refractivity contribution in [2.45, 2.75) is 18.4 Å². The molecule has 0 spiro atoms. The lowest BCUT2D eigenvalue weighted by atomic mass is 9.91. The zero-order valence-electron chi connectivity index (χ0n) is 42.4. The molecule has 9 aromatic rings. The van der Waals surface area contributed by atoms with Gasteiger partial charge in [-0.25, -0.2) is 0 Å². The fraction of sp³-hybridized carbons (Fsp3) is 0.155. The Labute approximate surface area is 444 Å². The summed E-state index contributed by atoms with van der Waals surface area (Å²) in [7, 11) is 0. The maximum Gasteiger partial charge on any atom is 0.100 e. The lowest BCUT2D eigenvalue weighted by Gasteiger charge is -2.35. The Morgan fingerprint density at radius 3 is 1.48 bits per heavy atom. The number of rotatable bonds is 15. The maximum atomic E-state index is 6.40. The first kappa shape index (κ1) is 49.9. The monoisotopic (exact) mass is 971 g/mol. The van der Waals surface area contributed by atoms with Crippen molar-refractivity contribution < 1.29 is 4.74 Å². The van der Waals surface area contributed by atoms with Crippen molar-refractivity contribution >= 4 is 5.69 Å². The number of nitrogens with zero attached hydrogens (tertiary/aromatic N) is 2. The van der Waals surface area contributed by atoms with E-state index < -0.39 is 0 Å². The van der Waals surface area contributed by atoms with Gasteiger partial charge < -0.3 is 15.0 Å². The lowest BCUT2D eigenvalue weighted by Crippen LogP contribution is -2.38. The quantitative estimate of drug-likeness (QED) is 0.0818. The summed E-state index contributed by atoms with van der Waals surface area (Å²) in [5.74, 6) is 20.7. The number of anilines is 1. The Bertz CT molecular complexity index is 3360. The van der Waals surface area contributed by atoms with Crippen LogP contribution in [0.15, 0.2) is 243 Å². The van der Waals surface area contributed by atoms with Gasteiger partial charge in [-0.3, -0.25) is 4.90 Å². The van der Waals surface area contributed by atoms with Crippen molar-refractivity contribution in [3.05, 3.63) is 282 Å². The molecule has 0 radical (unpaired) electrons. The van der Waals surface area contributed by atoms with E-state index in [1.54, 1.807) is 0 Å². The molecule has 9 aromatic carbocycles. The highest BCUT2D eigenvalue weighted by Gasteiger charge is 2.23. The second-order valence-electron chi connectivity index (χ2n) is 18.9. The standard InChI is InChI=1S/C71H61N3O/c1-5-20-60(21-6-1)62-38-30-56(31-39-62)17-14-47-72-48-46-59-36-44-69(45-37-59)74-51-52-75-71(55-74)68-29-13-28-67(53-68)64-42-34-58(35-43-64)19-16-50-73(54-70(65-24-9-3-10-25-65)66-26-11-4-12-27-66)49-15-18-57-32-40-63(41-33-57)61-22-7-2-8-23-61/h1-13,20-45,53,70-72H,46-52,54-55H2. The predicted octanol–water partition coefficient (Wildman–Crippen LogP) is 14.0. The molecule has 0 bridgehead atoms. The molecule has 4 nitrogen and oxygen atoms in total. The molecule has 4 heteroatoms. The van der Waals surface area contributed by atoms with Gasteiger partial charge in [0, 0.05) is 54.5 Å². The molecule has 1 heterocycles. The molecule has 366 valence electrons. The Morgan fingerprint density at radius 1 is 0.480 bits per heavy atom. The molecular weight excluding hydrogens is 911 g/mol. The third-order valence-corrected chi connectivity index (χ3v) is 13.8. The first-order valence-corrected chi connectivity index (χ1v) is 26.1. The summed E-state index contributed by atoms with van der Waals surface area (Å²) in [4.78, 5) is 4.82. The van der Waals surface area contributed by atoms with Gasteiger partial charge >= 0.3 is 0 Å². The number of benzene rings is 9. The van der Waals surface area contributed by atoms with Crippen molar-refractivity contribution in [3.63, 3.8) is 0 Å². The van der Waals surface area contributed by atoms with Crippen molar-refractivity contribution in [2.24, 2.45) is 0 Å². The van der Waals surface area contributed by atoms with Crippen LogP contribution in [0.25, 0.3) is 33.4 Å². The van der Waals surface area contributed by atoms with Gasteiger partial charge in [0.2, 0.25) is 0 Å². The Balaban J connectivity index is 0.738. The van der Waals surface area contributed by atoms with Gasteiger partial charge in [-0.1, -0.05) is 224 Å². The predicted molar refractivity (Wildman–Crippen MR) is 311 cm³/mol. The number of nitrogens with one attached hydrogen (secondary N) is 1. The van der Waals surface area contributed by atoms with E-state index in [-0.39, 0.29) is 12.0 Å². The van der Waals surface area contributed by atoms with Gasteiger partial charge in [0.05, 0.1) is 26.2 Å². The third kappa shape index (κ3) is 14.1. The minimum Gasteiger partial charge on any atom is -0.370 e. The van der Waals surface area contributed by atoms with E-state index in [1.807, 2.05) is 12.1 Å². The van der Waals surface area contributed by atoms with E-state index in [0.717, 1.165) is 54.9 Å². The average molecular weight is 972 g/mol. The molecule has 0 amide bonds. The first-order valence-electron chi connectivity index (χ1n) is 26.1. The lowest BCUT2D eigenvalue weighted by molar-refractivity contribution is 0.0398. The molecule has 1 saturated heterocycles. The second-order valence-corrected chi connectivity index (χ2v) is 18.9. The van der Waals surface area contributed by atoms with Gasteiger partial charge in [-0.05, 0) is 117 Å². The highest BCUT2D eigenvalue weighted by atomic mass is 16.5. The van der Waals surface area contributed by atoms with Crippen LogP contribution in [0.3, 0.4) is 0 Å². The zero-order valence-corrected chi connectivity index (χ0v) is 42.4. The smallest absolute Gasteiger partial charge is 0.100 e. The van der Waals surface area contributed by atoms with Crippen molar-refractivity contribution in [2.75, 3.05) is 57.3 Å². The van der Waals surface area contributed by atoms with Gasteiger partial charge in [0.25, 0.3) is 0 Å². The molecule has 1 atom stereocenters. The highest BCUT2D eigenvalue weighted by molar-refractivity contribution is 5.67. The van der Waals surface area contributed by atoms with Gasteiger partial charge in [-0.15, -0.1) is 0 Å². The van der Waals surface area contributed by atoms with Crippen LogP contribution in [0.5, 0.6) is 0 Å². The van der Waals surface area contributed by atoms with E-state index in [1.165, 1.54) is 55.8 Å². The number of hydrogen-bond acceptors (Lipinski definition) is 4. The fourth-order valence-electron chi connectivity index (χ4n) is 9.63. The molecule has 0 saturated carbocycles. The van der Waals surface area contributed by atoms with Crippen LogP contribution in [0.4, 0.5) is 5.69 Å². The first-order chi connectivity index (χ1) is 37.2. The van der Waals surface area contributed by atoms with Crippen LogP contribution >= 0.6 is 0 Å². The zero-order chi connectivity index (χ0) is 50.7. The summed E-state index contributed by atoms with van der Waals surface area (Å²) >= 11 is 0. The van der Waals surface area contributed by atoms with Crippen LogP contribution in [0, 0.1) is 35.5 Å². The molecule has 1 N–H and O–H groups in total. The fourth-order valence-corrected chi connectivity index (χ4v) is 9.63. The SMILES string of the molecule is C(#Cc1ccc(-c2ccccc2)cc1)CNCCc1ccc(N2CCOC(c3cccc(-c4ccc(C#CCN(CC#Cc5ccc(-c6ccccc6)cc5)CC(c5ccccc5)c5ccccc5)cc4)c3)C2)cc1. The minimum absolute atomic E-state index is 0.0215. The summed E-state index contributed by atoms with van der Waals surface area (Å²) in [6.07, 6.45) is 0.929. The Morgan fingerprint density at radius 2 is 0.947 bits per heavy atom. The molecule has 10 rings (SSSR count). The second kappa shape index (κ2) is 25.8. The minimum atomic E-state index is -0.0215. The van der Waals surface area contributed by atoms with Crippen LogP contribution in [-0.2, 0) is 11.2 Å². The molecule has 1 unspecified atom stereocenters. The van der Waals surface area contributed by atoms with E-state index in [2.05, 4.69) is 281 Å². The summed E-state index contributed by atoms with van der Waals surface area (Å²) in [5, 5.41) is 3.49. The maximum absolute atomic E-state index is 6.40. The van der Waals surface area contributed by atoms with Crippen molar-refractivity contribution in [1.29, 1.82) is 0 Å². The molecule has 75 heavy (non-hydrogen) atoms. The summed E-state index contributed by atoms with van der Waals surface area (Å²) in [5.41, 5.74) is 16.5. The highest BCUT2D eigenvalue weighted by Crippen LogP contribution is 2.31. The van der Waals surface area contributed by atoms with Crippen molar-refractivity contribution in [3.8, 4) is 68.9 Å². The normalized spacial score (nSPS) is 13.0. The Hall–Kier alpha value is -8.66. The molecular formula is C71H61N3O. The van der Waals surface area contributed by atoms with Crippen LogP contribution < -0.4 is 10.2 Å². The van der Waals surface area contributed by atoms with Crippen molar-refractivity contribution in [1.82, 2.24) is 10.2 Å². The van der Waals surface area contributed by atoms with Gasteiger partial charge in [-0.2, -0.15) is 0 Å². The third-order valence-electron chi connectivity index (χ3n) is 13.8. The van der Waals surface area contributed by atoms with Crippen LogP contribution in [0.2, 0.25) is 0 Å². The molecule has 0 aliphatic carbocycles. The summed E-state index contributed by atoms with van der Waals surface area (Å²) < 4.78 is 6.40. The van der Waals surface area contributed by atoms with Gasteiger partial charge in [0.1, 0.15) is 6.10 Å². The summed E-state index contributed by atoms with van der Waals surface area (Å²) in [6.45, 7) is 5.85. The number of morpholine rings is 1. The average Bonchev–Trinajstić information content (AvgIpc) is 3.49. The van der Waals surface area contributed by atoms with E-state index in [0.29, 0.717) is 26.2 Å². The number of ether oxygens (including phenoxy) is 1. The van der Waals surface area contributed by atoms with E-state index in [4.69, 9.17) is 4.74 Å². The number of hydrogen-bond donors (Lipinski definition) is 1. The Kier molecular flexibility index (Phi) is 17.2. The molecule has 0 aromatic heterocycles. The van der Waals surface area contributed by atoms with Gasteiger partial charge in [0.15, 0.2) is 0 Å². The van der Waals surface area contributed by atoms with E-state index in [9.17, 15) is 0 Å². The van der Waals surface area contributed by atoms with Crippen LogP contribution in [0.1, 0.15) is 51.0 Å². The van der Waals surface area contributed by atoms with E-state index >= 15 is 0 Å². The molecule has 1 aliphatic rings. The van der Waals surface area contributed by atoms with Crippen LogP contribution in [-0.4, -0.2) is 57.3 Å². The summed E-state index contributed by atoms with van der Waals surface area (Å²) in [6, 6.07) is 85.9. The largest absolute Gasteiger partial charge is 0.370 e. The molecule has 1 aliphatic heterocycles. The topological polar surface area (TPSA) is 27.7 Å².